The molecule has 6 saturated heterocycles. The van der Waals surface area contributed by atoms with Crippen LogP contribution in [0.5, 0.6) is 0 Å². The number of hydrogen-bond acceptors (Lipinski definition) is 11. The summed E-state index contributed by atoms with van der Waals surface area (Å²) in [5.41, 5.74) is -1.18. The minimum atomic E-state index is -1.96. The van der Waals surface area contributed by atoms with E-state index in [0.717, 1.165) is 25.7 Å². The van der Waals surface area contributed by atoms with Crippen LogP contribution in [0.25, 0.3) is 0 Å². The number of aliphatic carboxylic acids is 1. The van der Waals surface area contributed by atoms with Gasteiger partial charge in [0.15, 0.2) is 17.4 Å². The molecule has 0 aliphatic carbocycles. The molecule has 0 aromatic carbocycles. The largest absolute Gasteiger partial charge is 0.481 e. The van der Waals surface area contributed by atoms with Gasteiger partial charge in [-0.1, -0.05) is 48.5 Å². The van der Waals surface area contributed by atoms with Crippen LogP contribution in [-0.2, 0) is 38.0 Å². The van der Waals surface area contributed by atoms with Crippen LogP contribution >= 0.6 is 0 Å². The summed E-state index contributed by atoms with van der Waals surface area (Å²) in [5, 5.41) is 44.1. The lowest BCUT2D eigenvalue weighted by Crippen LogP contribution is -2.65. The van der Waals surface area contributed by atoms with E-state index in [1.807, 2.05) is 27.7 Å². The predicted octanol–water partition coefficient (Wildman–Crippen LogP) is 5.27. The van der Waals surface area contributed by atoms with Gasteiger partial charge in [-0.2, -0.15) is 0 Å². The summed E-state index contributed by atoms with van der Waals surface area (Å²) < 4.78 is 46.3. The molecule has 4 N–H and O–H groups in total. The molecule has 12 heteroatoms. The summed E-state index contributed by atoms with van der Waals surface area (Å²) in [7, 11) is 1.58. The molecule has 0 amide bonds. The first-order valence-electron chi connectivity index (χ1n) is 20.5. The molecular formula is C41H70O12. The van der Waals surface area contributed by atoms with Gasteiger partial charge in [-0.15, -0.1) is 0 Å². The number of carboxylic acids is 1. The van der Waals surface area contributed by atoms with Crippen molar-refractivity contribution in [2.24, 2.45) is 47.3 Å². The number of carboxylic acid groups (broad SMARTS) is 1. The molecule has 306 valence electrons. The van der Waals surface area contributed by atoms with Crippen LogP contribution in [0, 0.1) is 47.3 Å². The van der Waals surface area contributed by atoms with Crippen LogP contribution in [0.15, 0.2) is 0 Å². The Hall–Kier alpha value is -0.930. The van der Waals surface area contributed by atoms with Crippen molar-refractivity contribution in [1.82, 2.24) is 0 Å². The molecule has 6 aliphatic rings. The topological polar surface area (TPSA) is 163 Å². The Labute approximate surface area is 316 Å². The number of hydrogen-bond donors (Lipinski definition) is 4. The summed E-state index contributed by atoms with van der Waals surface area (Å²) in [6.07, 6.45) is 2.01. The van der Waals surface area contributed by atoms with Gasteiger partial charge in [0.1, 0.15) is 5.92 Å². The van der Waals surface area contributed by atoms with Crippen molar-refractivity contribution in [1.29, 1.82) is 0 Å². The van der Waals surface area contributed by atoms with Gasteiger partial charge in [-0.3, -0.25) is 4.79 Å². The monoisotopic (exact) mass is 754 g/mol. The summed E-state index contributed by atoms with van der Waals surface area (Å²) >= 11 is 0. The third kappa shape index (κ3) is 7.16. The zero-order chi connectivity index (χ0) is 39.2. The van der Waals surface area contributed by atoms with Crippen LogP contribution in [0.1, 0.15) is 121 Å². The molecule has 6 rings (SSSR count). The predicted molar refractivity (Wildman–Crippen MR) is 194 cm³/mol. The van der Waals surface area contributed by atoms with Gasteiger partial charge < -0.3 is 53.6 Å². The lowest BCUT2D eigenvalue weighted by Gasteiger charge is -2.54. The number of aliphatic hydroxyl groups is 3. The molecule has 6 fully saturated rings. The lowest BCUT2D eigenvalue weighted by molar-refractivity contribution is -0.365. The van der Waals surface area contributed by atoms with E-state index < -0.39 is 70.8 Å². The average Bonchev–Trinajstić information content (AvgIpc) is 3.78. The van der Waals surface area contributed by atoms with Crippen molar-refractivity contribution in [3.05, 3.63) is 0 Å². The van der Waals surface area contributed by atoms with Crippen LogP contribution in [-0.4, -0.2) is 111 Å². The van der Waals surface area contributed by atoms with E-state index in [2.05, 4.69) is 27.7 Å². The highest BCUT2D eigenvalue weighted by Gasteiger charge is 2.63. The minimum absolute atomic E-state index is 0.0488. The van der Waals surface area contributed by atoms with Crippen LogP contribution in [0.4, 0.5) is 0 Å². The lowest BCUT2D eigenvalue weighted by atomic mass is 9.71. The SMILES string of the molecule is CO[C@H]1[C@H](C)[C@H]([C@H](C)[C@H]2O[C@@]3(CC[C@](C)([C@@H]4CC[C@](C)([C@@H]5C[C@H](C)[C@@H]([C@@H]6O[C@@](C)(O)[C@@H](C)C[C@@H]6C)O5)O4)O3)C[C@@H](O)[C@@H]2C)O[C@](O)([C@@H](C)C(=O)O)[C@H]1C. The van der Waals surface area contributed by atoms with E-state index in [-0.39, 0.29) is 59.9 Å². The normalized spacial score (nSPS) is 56.1. The van der Waals surface area contributed by atoms with Crippen molar-refractivity contribution < 1.29 is 58.4 Å². The molecular weight excluding hydrogens is 684 g/mol. The number of aliphatic hydroxyl groups excluding tert-OH is 1. The first kappa shape index (κ1) is 41.7. The van der Waals surface area contributed by atoms with Crippen molar-refractivity contribution in [2.75, 3.05) is 7.11 Å². The fraction of sp³-hybridized carbons (Fsp3) is 0.976. The first-order chi connectivity index (χ1) is 24.5. The zero-order valence-corrected chi connectivity index (χ0v) is 34.2. The molecule has 21 atom stereocenters. The van der Waals surface area contributed by atoms with E-state index in [1.165, 1.54) is 6.92 Å². The second-order valence-electron chi connectivity index (χ2n) is 19.2. The minimum Gasteiger partial charge on any atom is -0.481 e. The van der Waals surface area contributed by atoms with Gasteiger partial charge in [0.2, 0.25) is 0 Å². The quantitative estimate of drug-likeness (QED) is 0.255. The number of carbonyl (C=O) groups is 1. The molecule has 53 heavy (non-hydrogen) atoms. The number of methoxy groups -OCH3 is 1. The standard InChI is InChI=1S/C41H70O12/c1-20-17-22(3)39(11,45)50-32(20)31-21(2)18-30(48-31)37(9)14-13-29(49-37)38(10)15-16-40(53-38)19-28(42)23(4)33(51-40)24(5)34-25(6)35(47-12)26(7)41(46,52-34)27(8)36(43)44/h20-35,42,45-46H,13-19H2,1-12H3,(H,43,44)/t20-,21-,22-,23-,24+,25+,26-,27-,28+,29-,30-,31-,32+,33-,34-,35-,37+,38+,39+,40+,41-/m0/s1. The fourth-order valence-electron chi connectivity index (χ4n) is 11.3. The van der Waals surface area contributed by atoms with Crippen molar-refractivity contribution in [3.63, 3.8) is 0 Å². The van der Waals surface area contributed by atoms with Crippen LogP contribution < -0.4 is 0 Å². The number of ether oxygens (including phenoxy) is 7. The first-order valence-corrected chi connectivity index (χ1v) is 20.5. The van der Waals surface area contributed by atoms with Gasteiger partial charge in [0.25, 0.3) is 0 Å². The highest BCUT2D eigenvalue weighted by molar-refractivity contribution is 5.70. The smallest absolute Gasteiger partial charge is 0.311 e. The van der Waals surface area contributed by atoms with E-state index in [1.54, 1.807) is 21.0 Å². The molecule has 0 aromatic heterocycles. The third-order valence-corrected chi connectivity index (χ3v) is 15.3. The second kappa shape index (κ2) is 14.5. The van der Waals surface area contributed by atoms with Gasteiger partial charge in [-0.25, -0.2) is 0 Å². The van der Waals surface area contributed by atoms with Gasteiger partial charge in [0, 0.05) is 49.5 Å². The van der Waals surface area contributed by atoms with E-state index in [9.17, 15) is 25.2 Å². The zero-order valence-electron chi connectivity index (χ0n) is 34.2. The summed E-state index contributed by atoms with van der Waals surface area (Å²) in [5.74, 6) is -7.36. The van der Waals surface area contributed by atoms with Gasteiger partial charge in [0.05, 0.1) is 60.0 Å². The molecule has 0 unspecified atom stereocenters. The molecule has 6 aliphatic heterocycles. The van der Waals surface area contributed by atoms with Crippen LogP contribution in [0.3, 0.4) is 0 Å². The van der Waals surface area contributed by atoms with Crippen molar-refractivity contribution in [3.8, 4) is 0 Å². The summed E-state index contributed by atoms with van der Waals surface area (Å²) in [6.45, 7) is 21.6. The Morgan fingerprint density at radius 2 is 1.43 bits per heavy atom. The van der Waals surface area contributed by atoms with Crippen molar-refractivity contribution >= 4 is 5.97 Å². The Balaban J connectivity index is 1.15. The maximum absolute atomic E-state index is 12.1. The maximum atomic E-state index is 12.1. The Morgan fingerprint density at radius 3 is 2.08 bits per heavy atom. The Kier molecular flexibility index (Phi) is 11.4. The Bertz CT molecular complexity index is 1330. The van der Waals surface area contributed by atoms with E-state index in [4.69, 9.17) is 33.2 Å². The van der Waals surface area contributed by atoms with Gasteiger partial charge >= 0.3 is 5.97 Å². The molecule has 0 bridgehead atoms. The summed E-state index contributed by atoms with van der Waals surface area (Å²) in [6, 6.07) is 0. The highest BCUT2D eigenvalue weighted by atomic mass is 16.7. The van der Waals surface area contributed by atoms with Gasteiger partial charge in [-0.05, 0) is 71.6 Å². The maximum Gasteiger partial charge on any atom is 0.311 e. The van der Waals surface area contributed by atoms with E-state index >= 15 is 0 Å². The molecule has 1 spiro atoms. The van der Waals surface area contributed by atoms with E-state index in [0.29, 0.717) is 19.3 Å². The second-order valence-corrected chi connectivity index (χ2v) is 19.2. The molecule has 0 saturated carbocycles. The number of rotatable bonds is 8. The third-order valence-electron chi connectivity index (χ3n) is 15.3. The molecule has 0 radical (unpaired) electrons. The highest BCUT2D eigenvalue weighted by Crippen LogP contribution is 2.55. The summed E-state index contributed by atoms with van der Waals surface area (Å²) in [4.78, 5) is 12.1. The molecule has 12 nitrogen and oxygen atoms in total. The molecule has 0 aromatic rings. The Morgan fingerprint density at radius 1 is 0.792 bits per heavy atom. The fourth-order valence-corrected chi connectivity index (χ4v) is 11.3. The van der Waals surface area contributed by atoms with Crippen LogP contribution in [0.2, 0.25) is 0 Å². The average molecular weight is 755 g/mol. The molecule has 6 heterocycles. The van der Waals surface area contributed by atoms with Crippen molar-refractivity contribution in [2.45, 2.75) is 199 Å².